The minimum atomic E-state index is -0.943. The smallest absolute Gasteiger partial charge is 0.305 e. The van der Waals surface area contributed by atoms with Gasteiger partial charge in [-0.2, -0.15) is 0 Å². The lowest BCUT2D eigenvalue weighted by molar-refractivity contribution is -0.137. The first-order valence-electron chi connectivity index (χ1n) is 5.56. The number of carbonyl (C=O) groups excluding carboxylic acids is 1. The predicted molar refractivity (Wildman–Crippen MR) is 77.5 cm³/mol. The molecule has 7 heteroatoms. The fraction of sp³-hybridized carbons (Fsp3) is 0.250. The molecule has 19 heavy (non-hydrogen) atoms. The molecule has 1 fully saturated rings. The summed E-state index contributed by atoms with van der Waals surface area (Å²) in [6, 6.07) is 1.89. The van der Waals surface area contributed by atoms with E-state index in [-0.39, 0.29) is 18.9 Å². The summed E-state index contributed by atoms with van der Waals surface area (Å²) in [5, 5.41) is 8.64. The van der Waals surface area contributed by atoms with E-state index < -0.39 is 5.97 Å². The number of hydrogen-bond donors (Lipinski definition) is 1. The first kappa shape index (κ1) is 13.8. The molecule has 0 aliphatic carbocycles. The Morgan fingerprint density at radius 2 is 2.32 bits per heavy atom. The van der Waals surface area contributed by atoms with E-state index in [0.29, 0.717) is 9.23 Å². The standard InChI is InChI=1S/C12H12N2O3S2/c1-13-4-2-8(7-13)6-9-11(17)14(12(18)19-9)5-3-10(15)16/h2,4,6-7H,3,5H2,1H3,(H,15,16). The number of nitrogens with zero attached hydrogens (tertiary/aromatic N) is 2. The van der Waals surface area contributed by atoms with Gasteiger partial charge in [0.25, 0.3) is 5.91 Å². The van der Waals surface area contributed by atoms with Crippen LogP contribution in [0.3, 0.4) is 0 Å². The average molecular weight is 296 g/mol. The van der Waals surface area contributed by atoms with Gasteiger partial charge in [-0.05, 0) is 17.7 Å². The fourth-order valence-corrected chi connectivity index (χ4v) is 2.97. The molecule has 100 valence electrons. The molecule has 1 aliphatic rings. The molecule has 1 saturated heterocycles. The predicted octanol–water partition coefficient (Wildman–Crippen LogP) is 1.70. The third kappa shape index (κ3) is 3.24. The highest BCUT2D eigenvalue weighted by molar-refractivity contribution is 8.26. The third-order valence-electron chi connectivity index (χ3n) is 2.58. The maximum atomic E-state index is 12.1. The summed E-state index contributed by atoms with van der Waals surface area (Å²) < 4.78 is 2.30. The minimum Gasteiger partial charge on any atom is -0.481 e. The molecular formula is C12H12N2O3S2. The second-order valence-corrected chi connectivity index (χ2v) is 5.76. The molecule has 1 amide bonds. The Morgan fingerprint density at radius 3 is 2.89 bits per heavy atom. The highest BCUT2D eigenvalue weighted by atomic mass is 32.2. The van der Waals surface area contributed by atoms with Crippen molar-refractivity contribution in [2.45, 2.75) is 6.42 Å². The van der Waals surface area contributed by atoms with Crippen molar-refractivity contribution < 1.29 is 14.7 Å². The summed E-state index contributed by atoms with van der Waals surface area (Å²) in [5.74, 6) is -1.17. The summed E-state index contributed by atoms with van der Waals surface area (Å²) >= 11 is 6.30. The molecule has 1 aromatic heterocycles. The van der Waals surface area contributed by atoms with Gasteiger partial charge in [-0.1, -0.05) is 24.0 Å². The van der Waals surface area contributed by atoms with Gasteiger partial charge in [0.1, 0.15) is 4.32 Å². The summed E-state index contributed by atoms with van der Waals surface area (Å²) in [7, 11) is 1.90. The zero-order valence-corrected chi connectivity index (χ0v) is 11.8. The Labute approximate surface area is 119 Å². The van der Waals surface area contributed by atoms with Crippen molar-refractivity contribution in [2.75, 3.05) is 6.54 Å². The van der Waals surface area contributed by atoms with Crippen molar-refractivity contribution in [3.63, 3.8) is 0 Å². The van der Waals surface area contributed by atoms with Crippen LogP contribution in [0.5, 0.6) is 0 Å². The van der Waals surface area contributed by atoms with E-state index in [2.05, 4.69) is 0 Å². The highest BCUT2D eigenvalue weighted by Gasteiger charge is 2.31. The molecule has 0 spiro atoms. The van der Waals surface area contributed by atoms with E-state index in [4.69, 9.17) is 17.3 Å². The van der Waals surface area contributed by atoms with Crippen LogP contribution in [0.1, 0.15) is 12.0 Å². The number of thioether (sulfide) groups is 1. The second-order valence-electron chi connectivity index (χ2n) is 4.09. The Bertz CT molecular complexity index is 577. The number of carboxylic acid groups (broad SMARTS) is 1. The normalized spacial score (nSPS) is 17.5. The lowest BCUT2D eigenvalue weighted by atomic mass is 10.3. The number of aromatic nitrogens is 1. The summed E-state index contributed by atoms with van der Waals surface area (Å²) in [5.41, 5.74) is 0.918. The molecule has 0 unspecified atom stereocenters. The summed E-state index contributed by atoms with van der Waals surface area (Å²) in [6.45, 7) is 0.117. The van der Waals surface area contributed by atoms with Gasteiger partial charge in [-0.25, -0.2) is 0 Å². The van der Waals surface area contributed by atoms with Gasteiger partial charge >= 0.3 is 5.97 Å². The van der Waals surface area contributed by atoms with Crippen molar-refractivity contribution in [3.05, 3.63) is 28.9 Å². The monoisotopic (exact) mass is 296 g/mol. The topological polar surface area (TPSA) is 62.5 Å². The number of aryl methyl sites for hydroxylation is 1. The fourth-order valence-electron chi connectivity index (χ4n) is 1.66. The van der Waals surface area contributed by atoms with Crippen LogP contribution in [0.2, 0.25) is 0 Å². The number of aliphatic carboxylic acids is 1. The third-order valence-corrected chi connectivity index (χ3v) is 3.95. The number of hydrogen-bond acceptors (Lipinski definition) is 4. The van der Waals surface area contributed by atoms with Crippen LogP contribution in [-0.4, -0.2) is 37.3 Å². The van der Waals surface area contributed by atoms with Gasteiger partial charge in [-0.3, -0.25) is 14.5 Å². The van der Waals surface area contributed by atoms with Crippen LogP contribution in [0.25, 0.3) is 6.08 Å². The van der Waals surface area contributed by atoms with E-state index in [1.54, 1.807) is 6.08 Å². The largest absolute Gasteiger partial charge is 0.481 e. The van der Waals surface area contributed by atoms with Crippen molar-refractivity contribution in [2.24, 2.45) is 7.05 Å². The van der Waals surface area contributed by atoms with E-state index >= 15 is 0 Å². The molecule has 0 bridgehead atoms. The highest BCUT2D eigenvalue weighted by Crippen LogP contribution is 2.32. The van der Waals surface area contributed by atoms with Crippen molar-refractivity contribution in [1.82, 2.24) is 9.47 Å². The molecule has 0 radical (unpaired) electrons. The lowest BCUT2D eigenvalue weighted by Gasteiger charge is -2.12. The Hall–Kier alpha value is -1.60. The second kappa shape index (κ2) is 5.58. The molecule has 2 rings (SSSR count). The Morgan fingerprint density at radius 1 is 1.58 bits per heavy atom. The van der Waals surface area contributed by atoms with Gasteiger partial charge in [0.15, 0.2) is 0 Å². The molecule has 2 heterocycles. The van der Waals surface area contributed by atoms with Crippen molar-refractivity contribution in [3.8, 4) is 0 Å². The molecule has 0 saturated carbocycles. The lowest BCUT2D eigenvalue weighted by Crippen LogP contribution is -2.30. The molecule has 1 N–H and O–H groups in total. The molecule has 1 aliphatic heterocycles. The zero-order chi connectivity index (χ0) is 14.0. The van der Waals surface area contributed by atoms with E-state index in [0.717, 1.165) is 5.56 Å². The number of carboxylic acids is 1. The van der Waals surface area contributed by atoms with E-state index in [1.807, 2.05) is 30.1 Å². The molecular weight excluding hydrogens is 284 g/mol. The summed E-state index contributed by atoms with van der Waals surface area (Å²) in [6.07, 6.45) is 5.44. The van der Waals surface area contributed by atoms with E-state index in [9.17, 15) is 9.59 Å². The SMILES string of the molecule is Cn1ccc(C=C2SC(=S)N(CCC(=O)O)C2=O)c1. The average Bonchev–Trinajstić information content (AvgIpc) is 2.83. The quantitative estimate of drug-likeness (QED) is 0.677. The molecule has 0 aromatic carbocycles. The molecule has 5 nitrogen and oxygen atoms in total. The zero-order valence-electron chi connectivity index (χ0n) is 10.2. The number of thiocarbonyl (C=S) groups is 1. The number of rotatable bonds is 4. The van der Waals surface area contributed by atoms with Gasteiger partial charge in [0.05, 0.1) is 11.3 Å². The van der Waals surface area contributed by atoms with Gasteiger partial charge < -0.3 is 9.67 Å². The first-order chi connectivity index (χ1) is 8.97. The summed E-state index contributed by atoms with van der Waals surface area (Å²) in [4.78, 5) is 24.5. The Kier molecular flexibility index (Phi) is 4.06. The van der Waals surface area contributed by atoms with Crippen LogP contribution in [0, 0.1) is 0 Å². The van der Waals surface area contributed by atoms with Gasteiger partial charge in [0, 0.05) is 26.0 Å². The van der Waals surface area contributed by atoms with Crippen molar-refractivity contribution in [1.29, 1.82) is 0 Å². The van der Waals surface area contributed by atoms with Crippen LogP contribution in [-0.2, 0) is 16.6 Å². The maximum Gasteiger partial charge on any atom is 0.305 e. The Balaban J connectivity index is 2.13. The maximum absolute atomic E-state index is 12.1. The van der Waals surface area contributed by atoms with E-state index in [1.165, 1.54) is 16.7 Å². The van der Waals surface area contributed by atoms with Crippen molar-refractivity contribution >= 4 is 46.3 Å². The number of amides is 1. The molecule has 1 aromatic rings. The van der Waals surface area contributed by atoms with Crippen LogP contribution < -0.4 is 0 Å². The van der Waals surface area contributed by atoms with Crippen LogP contribution in [0.15, 0.2) is 23.4 Å². The van der Waals surface area contributed by atoms with Gasteiger partial charge in [-0.15, -0.1) is 0 Å². The minimum absolute atomic E-state index is 0.106. The van der Waals surface area contributed by atoms with Gasteiger partial charge in [0.2, 0.25) is 0 Å². The number of carbonyl (C=O) groups is 2. The van der Waals surface area contributed by atoms with Crippen LogP contribution >= 0.6 is 24.0 Å². The first-order valence-corrected chi connectivity index (χ1v) is 6.79. The van der Waals surface area contributed by atoms with Crippen LogP contribution in [0.4, 0.5) is 0 Å². The molecule has 0 atom stereocenters.